The topological polar surface area (TPSA) is 53.0 Å². The maximum absolute atomic E-state index is 13.3. The van der Waals surface area contributed by atoms with Crippen molar-refractivity contribution in [3.63, 3.8) is 0 Å². The zero-order chi connectivity index (χ0) is 15.4. The number of ether oxygens (including phenoxy) is 1. The molecule has 0 aromatic heterocycles. The highest BCUT2D eigenvalue weighted by Gasteiger charge is 2.31. The van der Waals surface area contributed by atoms with E-state index in [4.69, 9.17) is 4.74 Å². The lowest BCUT2D eigenvalue weighted by Crippen LogP contribution is -2.37. The molecule has 0 aliphatic carbocycles. The summed E-state index contributed by atoms with van der Waals surface area (Å²) in [6.45, 7) is 3.12. The van der Waals surface area contributed by atoms with Gasteiger partial charge in [-0.3, -0.25) is 9.69 Å². The van der Waals surface area contributed by atoms with Crippen LogP contribution in [0, 0.1) is 5.82 Å². The summed E-state index contributed by atoms with van der Waals surface area (Å²) < 4.78 is 18.5. The van der Waals surface area contributed by atoms with E-state index >= 15 is 0 Å². The molecule has 1 aliphatic rings. The van der Waals surface area contributed by atoms with Gasteiger partial charge < -0.3 is 14.7 Å². The Labute approximate surface area is 123 Å². The van der Waals surface area contributed by atoms with Crippen LogP contribution in [0.5, 0.6) is 5.75 Å². The molecule has 116 valence electrons. The average molecular weight is 296 g/mol. The molecule has 1 aromatic rings. The summed E-state index contributed by atoms with van der Waals surface area (Å²) in [6, 6.07) is 3.20. The predicted octanol–water partition coefficient (Wildman–Crippen LogP) is 1.60. The maximum Gasteiger partial charge on any atom is 0.325 e. The number of likely N-dealkylation sites (N-methyl/N-ethyl adjacent to an activating group) is 1. The average Bonchev–Trinajstić information content (AvgIpc) is 2.65. The molecule has 1 atom stereocenters. The van der Waals surface area contributed by atoms with Gasteiger partial charge in [-0.05, 0) is 26.1 Å². The first kappa shape index (κ1) is 15.7. The Morgan fingerprint density at radius 3 is 2.76 bits per heavy atom. The number of carboxylic acid groups (broad SMARTS) is 1. The van der Waals surface area contributed by atoms with E-state index in [-0.39, 0.29) is 5.75 Å². The van der Waals surface area contributed by atoms with Gasteiger partial charge in [0.05, 0.1) is 7.11 Å². The van der Waals surface area contributed by atoms with Crippen LogP contribution in [0.4, 0.5) is 4.39 Å². The van der Waals surface area contributed by atoms with Crippen molar-refractivity contribution in [1.82, 2.24) is 9.80 Å². The fourth-order valence-electron chi connectivity index (χ4n) is 2.72. The highest BCUT2D eigenvalue weighted by molar-refractivity contribution is 5.76. The number of carboxylic acids is 1. The van der Waals surface area contributed by atoms with Crippen molar-refractivity contribution in [2.45, 2.75) is 12.5 Å². The van der Waals surface area contributed by atoms with Crippen molar-refractivity contribution in [2.75, 3.05) is 40.3 Å². The molecule has 1 aliphatic heterocycles. The Balaban J connectivity index is 2.32. The number of nitrogens with zero attached hydrogens (tertiary/aromatic N) is 2. The second kappa shape index (κ2) is 6.87. The van der Waals surface area contributed by atoms with E-state index in [0.717, 1.165) is 19.5 Å². The van der Waals surface area contributed by atoms with Crippen LogP contribution in [0.15, 0.2) is 18.2 Å². The van der Waals surface area contributed by atoms with Gasteiger partial charge in [0.15, 0.2) is 0 Å². The minimum Gasteiger partial charge on any atom is -0.496 e. The Kier molecular flexibility index (Phi) is 5.14. The molecule has 1 heterocycles. The first-order valence-electron chi connectivity index (χ1n) is 7.01. The molecule has 0 radical (unpaired) electrons. The van der Waals surface area contributed by atoms with Gasteiger partial charge in [0.1, 0.15) is 17.6 Å². The van der Waals surface area contributed by atoms with Crippen LogP contribution in [0.1, 0.15) is 18.0 Å². The molecule has 1 fully saturated rings. The Bertz CT molecular complexity index is 510. The van der Waals surface area contributed by atoms with E-state index < -0.39 is 17.8 Å². The molecule has 1 unspecified atom stereocenters. The van der Waals surface area contributed by atoms with E-state index in [1.165, 1.54) is 25.3 Å². The van der Waals surface area contributed by atoms with E-state index in [1.54, 1.807) is 0 Å². The van der Waals surface area contributed by atoms with Gasteiger partial charge in [-0.15, -0.1) is 0 Å². The summed E-state index contributed by atoms with van der Waals surface area (Å²) in [6.07, 6.45) is 0.907. The van der Waals surface area contributed by atoms with Crippen molar-refractivity contribution in [2.24, 2.45) is 0 Å². The summed E-state index contributed by atoms with van der Waals surface area (Å²) in [4.78, 5) is 15.8. The number of halogens is 1. The molecule has 0 amide bonds. The normalized spacial score (nSPS) is 19.0. The number of hydrogen-bond donors (Lipinski definition) is 1. The second-order valence-corrected chi connectivity index (χ2v) is 5.32. The largest absolute Gasteiger partial charge is 0.496 e. The first-order chi connectivity index (χ1) is 10.0. The zero-order valence-corrected chi connectivity index (χ0v) is 12.4. The lowest BCUT2D eigenvalue weighted by molar-refractivity contribution is -0.143. The molecular formula is C15H21FN2O3. The fourth-order valence-corrected chi connectivity index (χ4v) is 2.72. The van der Waals surface area contributed by atoms with Crippen molar-refractivity contribution in [1.29, 1.82) is 0 Å². The molecule has 0 bridgehead atoms. The Morgan fingerprint density at radius 2 is 2.10 bits per heavy atom. The van der Waals surface area contributed by atoms with Gasteiger partial charge in [-0.25, -0.2) is 4.39 Å². The molecule has 0 spiro atoms. The summed E-state index contributed by atoms with van der Waals surface area (Å²) in [5.74, 6) is -1.10. The molecule has 2 rings (SSSR count). The third kappa shape index (κ3) is 3.71. The summed E-state index contributed by atoms with van der Waals surface area (Å²) in [7, 11) is 3.45. The molecule has 1 N–H and O–H groups in total. The quantitative estimate of drug-likeness (QED) is 0.914. The molecule has 6 heteroatoms. The van der Waals surface area contributed by atoms with E-state index in [1.807, 2.05) is 11.9 Å². The fraction of sp³-hybridized carbons (Fsp3) is 0.533. The third-order valence-electron chi connectivity index (χ3n) is 3.84. The van der Waals surface area contributed by atoms with Crippen LogP contribution in [-0.4, -0.2) is 61.2 Å². The van der Waals surface area contributed by atoms with E-state index in [9.17, 15) is 14.3 Å². The van der Waals surface area contributed by atoms with Crippen LogP contribution in [0.3, 0.4) is 0 Å². The Hall–Kier alpha value is -1.66. The number of carbonyl (C=O) groups is 1. The van der Waals surface area contributed by atoms with Gasteiger partial charge >= 0.3 is 5.97 Å². The third-order valence-corrected chi connectivity index (χ3v) is 3.84. The highest BCUT2D eigenvalue weighted by atomic mass is 19.1. The van der Waals surface area contributed by atoms with Crippen LogP contribution in [0.25, 0.3) is 0 Å². The highest BCUT2D eigenvalue weighted by Crippen LogP contribution is 2.31. The van der Waals surface area contributed by atoms with Gasteiger partial charge in [0, 0.05) is 31.3 Å². The predicted molar refractivity (Wildman–Crippen MR) is 77.0 cm³/mol. The van der Waals surface area contributed by atoms with Gasteiger partial charge in [0.2, 0.25) is 0 Å². The zero-order valence-electron chi connectivity index (χ0n) is 12.4. The molecule has 0 saturated carbocycles. The van der Waals surface area contributed by atoms with Crippen LogP contribution >= 0.6 is 0 Å². The molecule has 1 aromatic carbocycles. The Morgan fingerprint density at radius 1 is 1.33 bits per heavy atom. The number of benzene rings is 1. The summed E-state index contributed by atoms with van der Waals surface area (Å²) >= 11 is 0. The number of rotatable bonds is 4. The van der Waals surface area contributed by atoms with Crippen LogP contribution < -0.4 is 4.74 Å². The lowest BCUT2D eigenvalue weighted by Gasteiger charge is -2.28. The minimum absolute atomic E-state index is 0.278. The summed E-state index contributed by atoms with van der Waals surface area (Å²) in [5.41, 5.74) is 0.496. The maximum atomic E-state index is 13.3. The van der Waals surface area contributed by atoms with Crippen molar-refractivity contribution < 1.29 is 19.0 Å². The van der Waals surface area contributed by atoms with Crippen molar-refractivity contribution in [3.05, 3.63) is 29.6 Å². The van der Waals surface area contributed by atoms with Crippen molar-refractivity contribution in [3.8, 4) is 5.75 Å². The van der Waals surface area contributed by atoms with Crippen molar-refractivity contribution >= 4 is 5.97 Å². The van der Waals surface area contributed by atoms with Gasteiger partial charge in [-0.1, -0.05) is 6.07 Å². The number of hydrogen-bond acceptors (Lipinski definition) is 4. The second-order valence-electron chi connectivity index (χ2n) is 5.32. The number of methoxy groups -OCH3 is 1. The SMILES string of the molecule is COc1cc(F)ccc1C(C(=O)O)N1CCCN(C)CC1. The smallest absolute Gasteiger partial charge is 0.325 e. The molecule has 5 nitrogen and oxygen atoms in total. The summed E-state index contributed by atoms with van der Waals surface area (Å²) in [5, 5.41) is 9.62. The van der Waals surface area contributed by atoms with Gasteiger partial charge in [-0.2, -0.15) is 0 Å². The van der Waals surface area contributed by atoms with E-state index in [2.05, 4.69) is 4.90 Å². The monoisotopic (exact) mass is 296 g/mol. The molecule has 21 heavy (non-hydrogen) atoms. The number of aliphatic carboxylic acids is 1. The first-order valence-corrected chi connectivity index (χ1v) is 7.01. The minimum atomic E-state index is -0.940. The molecule has 1 saturated heterocycles. The van der Waals surface area contributed by atoms with Crippen LogP contribution in [-0.2, 0) is 4.79 Å². The molecular weight excluding hydrogens is 275 g/mol. The standard InChI is InChI=1S/C15H21FN2O3/c1-17-6-3-7-18(9-8-17)14(15(19)20)12-5-4-11(16)10-13(12)21-2/h4-5,10,14H,3,6-9H2,1-2H3,(H,19,20). The van der Waals surface area contributed by atoms with E-state index in [0.29, 0.717) is 18.7 Å². The van der Waals surface area contributed by atoms with Gasteiger partial charge in [0.25, 0.3) is 0 Å². The van der Waals surface area contributed by atoms with Crippen LogP contribution in [0.2, 0.25) is 0 Å². The lowest BCUT2D eigenvalue weighted by atomic mass is 10.0.